The second kappa shape index (κ2) is 5.97. The highest BCUT2D eigenvalue weighted by atomic mass is 32.2. The molecule has 0 radical (unpaired) electrons. The monoisotopic (exact) mass is 318 g/mol. The Morgan fingerprint density at radius 3 is 2.30 bits per heavy atom. The lowest BCUT2D eigenvalue weighted by Crippen LogP contribution is -2.48. The summed E-state index contributed by atoms with van der Waals surface area (Å²) in [5, 5.41) is 0.960. The average molecular weight is 318 g/mol. The van der Waals surface area contributed by atoms with Gasteiger partial charge in [0.15, 0.2) is 5.13 Å². The van der Waals surface area contributed by atoms with E-state index in [4.69, 9.17) is 5.73 Å². The van der Waals surface area contributed by atoms with E-state index in [2.05, 4.69) is 23.7 Å². The van der Waals surface area contributed by atoms with E-state index < -0.39 is 10.0 Å². The summed E-state index contributed by atoms with van der Waals surface area (Å²) in [4.78, 5) is 7.96. The molecule has 0 amide bonds. The van der Waals surface area contributed by atoms with Crippen LogP contribution in [0, 0.1) is 0 Å². The Labute approximate surface area is 124 Å². The van der Waals surface area contributed by atoms with E-state index >= 15 is 0 Å². The average Bonchev–Trinajstić information content (AvgIpc) is 2.82. The molecule has 1 saturated heterocycles. The maximum atomic E-state index is 11.5. The first-order valence-corrected chi connectivity index (χ1v) is 9.39. The van der Waals surface area contributed by atoms with E-state index in [1.807, 2.05) is 0 Å². The van der Waals surface area contributed by atoms with E-state index in [1.165, 1.54) is 10.6 Å². The van der Waals surface area contributed by atoms with E-state index in [9.17, 15) is 8.42 Å². The number of nitrogens with two attached hydrogens (primary N) is 1. The molecule has 114 valence electrons. The van der Waals surface area contributed by atoms with Gasteiger partial charge in [-0.1, -0.05) is 13.8 Å². The number of hydrogen-bond donors (Lipinski definition) is 1. The van der Waals surface area contributed by atoms with Crippen LogP contribution in [-0.4, -0.2) is 50.1 Å². The first-order chi connectivity index (χ1) is 9.32. The second-order valence-corrected chi connectivity index (χ2v) is 8.36. The number of anilines is 1. The van der Waals surface area contributed by atoms with Crippen LogP contribution in [-0.2, 0) is 16.6 Å². The van der Waals surface area contributed by atoms with Gasteiger partial charge in [0.05, 0.1) is 11.9 Å². The fraction of sp³-hybridized carbons (Fsp3) is 0.750. The summed E-state index contributed by atoms with van der Waals surface area (Å²) in [6.45, 7) is 7.14. The van der Waals surface area contributed by atoms with Gasteiger partial charge in [-0.25, -0.2) is 13.4 Å². The first kappa shape index (κ1) is 15.7. The molecule has 0 atom stereocenters. The minimum atomic E-state index is -3.08. The molecule has 1 aliphatic rings. The van der Waals surface area contributed by atoms with Crippen LogP contribution < -0.4 is 10.6 Å². The van der Waals surface area contributed by atoms with Crippen LogP contribution in [0.5, 0.6) is 0 Å². The Hall–Kier alpha value is -0.700. The minimum Gasteiger partial charge on any atom is -0.345 e. The SMILES string of the molecule is CC(C)c1nc(N2CCN(S(C)(=O)=O)CC2)sc1CN. The molecule has 1 fully saturated rings. The third-order valence-electron chi connectivity index (χ3n) is 3.43. The smallest absolute Gasteiger partial charge is 0.211 e. The van der Waals surface area contributed by atoms with Crippen molar-refractivity contribution in [2.45, 2.75) is 26.3 Å². The third kappa shape index (κ3) is 3.30. The summed E-state index contributed by atoms with van der Waals surface area (Å²) in [5.74, 6) is 0.357. The van der Waals surface area contributed by atoms with Gasteiger partial charge >= 0.3 is 0 Å². The van der Waals surface area contributed by atoms with Crippen molar-refractivity contribution in [2.24, 2.45) is 5.73 Å². The lowest BCUT2D eigenvalue weighted by atomic mass is 10.1. The van der Waals surface area contributed by atoms with Crippen LogP contribution in [0.15, 0.2) is 0 Å². The molecular weight excluding hydrogens is 296 g/mol. The van der Waals surface area contributed by atoms with Crippen LogP contribution in [0.25, 0.3) is 0 Å². The van der Waals surface area contributed by atoms with Crippen molar-refractivity contribution in [2.75, 3.05) is 37.3 Å². The molecule has 6 nitrogen and oxygen atoms in total. The summed E-state index contributed by atoms with van der Waals surface area (Å²) < 4.78 is 24.5. The number of thiazole rings is 1. The van der Waals surface area contributed by atoms with Crippen LogP contribution in [0.4, 0.5) is 5.13 Å². The van der Waals surface area contributed by atoms with Gasteiger partial charge in [-0.05, 0) is 5.92 Å². The van der Waals surface area contributed by atoms with E-state index in [0.29, 0.717) is 38.6 Å². The van der Waals surface area contributed by atoms with Crippen LogP contribution in [0.2, 0.25) is 0 Å². The van der Waals surface area contributed by atoms with Crippen molar-refractivity contribution in [3.63, 3.8) is 0 Å². The Kier molecular flexibility index (Phi) is 4.68. The molecule has 2 N–H and O–H groups in total. The summed E-state index contributed by atoms with van der Waals surface area (Å²) >= 11 is 1.62. The van der Waals surface area contributed by atoms with Gasteiger partial charge in [0.25, 0.3) is 0 Å². The summed E-state index contributed by atoms with van der Waals surface area (Å²) in [6.07, 6.45) is 1.26. The lowest BCUT2D eigenvalue weighted by molar-refractivity contribution is 0.388. The zero-order chi connectivity index (χ0) is 14.9. The molecular formula is C12H22N4O2S2. The molecule has 0 unspecified atom stereocenters. The number of nitrogens with zero attached hydrogens (tertiary/aromatic N) is 3. The van der Waals surface area contributed by atoms with Crippen LogP contribution in [0.3, 0.4) is 0 Å². The second-order valence-electron chi connectivity index (χ2n) is 5.31. The van der Waals surface area contributed by atoms with Crippen molar-refractivity contribution in [1.82, 2.24) is 9.29 Å². The lowest BCUT2D eigenvalue weighted by Gasteiger charge is -2.33. The number of hydrogen-bond acceptors (Lipinski definition) is 6. The van der Waals surface area contributed by atoms with Gasteiger partial charge in [-0.2, -0.15) is 4.31 Å². The fourth-order valence-electron chi connectivity index (χ4n) is 2.29. The van der Waals surface area contributed by atoms with Crippen molar-refractivity contribution in [1.29, 1.82) is 0 Å². The molecule has 2 rings (SSSR count). The predicted molar refractivity (Wildman–Crippen MR) is 82.7 cm³/mol. The molecule has 0 aromatic carbocycles. The Morgan fingerprint density at radius 2 is 1.90 bits per heavy atom. The highest BCUT2D eigenvalue weighted by molar-refractivity contribution is 7.88. The van der Waals surface area contributed by atoms with E-state index in [-0.39, 0.29) is 0 Å². The molecule has 0 saturated carbocycles. The maximum absolute atomic E-state index is 11.5. The summed E-state index contributed by atoms with van der Waals surface area (Å²) in [5.41, 5.74) is 6.84. The Bertz CT molecular complexity index is 560. The van der Waals surface area contributed by atoms with Gasteiger partial charge in [0.2, 0.25) is 10.0 Å². The van der Waals surface area contributed by atoms with Crippen LogP contribution in [0.1, 0.15) is 30.3 Å². The zero-order valence-corrected chi connectivity index (χ0v) is 13.8. The Morgan fingerprint density at radius 1 is 1.30 bits per heavy atom. The van der Waals surface area contributed by atoms with Gasteiger partial charge < -0.3 is 10.6 Å². The molecule has 2 heterocycles. The summed E-state index contributed by atoms with van der Waals surface area (Å²) in [7, 11) is -3.08. The van der Waals surface area contributed by atoms with Gasteiger partial charge in [-0.3, -0.25) is 0 Å². The van der Waals surface area contributed by atoms with Gasteiger partial charge in [0.1, 0.15) is 0 Å². The molecule has 0 spiro atoms. The molecule has 1 aromatic rings. The maximum Gasteiger partial charge on any atom is 0.211 e. The number of piperazine rings is 1. The number of aromatic nitrogens is 1. The Balaban J connectivity index is 2.11. The normalized spacial score (nSPS) is 17.9. The molecule has 1 aliphatic heterocycles. The van der Waals surface area contributed by atoms with Crippen molar-refractivity contribution in [3.8, 4) is 0 Å². The van der Waals surface area contributed by atoms with E-state index in [1.54, 1.807) is 11.3 Å². The zero-order valence-electron chi connectivity index (χ0n) is 12.2. The molecule has 8 heteroatoms. The first-order valence-electron chi connectivity index (χ1n) is 6.72. The summed E-state index contributed by atoms with van der Waals surface area (Å²) in [6, 6.07) is 0. The van der Waals surface area contributed by atoms with Crippen molar-refractivity contribution >= 4 is 26.5 Å². The van der Waals surface area contributed by atoms with Crippen molar-refractivity contribution < 1.29 is 8.42 Å². The van der Waals surface area contributed by atoms with Gasteiger partial charge in [0, 0.05) is 37.6 Å². The number of sulfonamides is 1. The minimum absolute atomic E-state index is 0.357. The quantitative estimate of drug-likeness (QED) is 0.888. The highest BCUT2D eigenvalue weighted by Gasteiger charge is 2.25. The fourth-order valence-corrected chi connectivity index (χ4v) is 4.27. The third-order valence-corrected chi connectivity index (χ3v) is 5.88. The van der Waals surface area contributed by atoms with Crippen LogP contribution >= 0.6 is 11.3 Å². The molecule has 1 aromatic heterocycles. The largest absolute Gasteiger partial charge is 0.345 e. The molecule has 0 bridgehead atoms. The van der Waals surface area contributed by atoms with Gasteiger partial charge in [-0.15, -0.1) is 11.3 Å². The number of rotatable bonds is 4. The predicted octanol–water partition coefficient (Wildman–Crippen LogP) is 0.807. The topological polar surface area (TPSA) is 79.5 Å². The van der Waals surface area contributed by atoms with Crippen molar-refractivity contribution in [3.05, 3.63) is 10.6 Å². The standard InChI is InChI=1S/C12H22N4O2S2/c1-9(2)11-10(8-13)19-12(14-11)15-4-6-16(7-5-15)20(3,17)18/h9H,4-8,13H2,1-3H3. The molecule has 20 heavy (non-hydrogen) atoms. The van der Waals surface area contributed by atoms with E-state index in [0.717, 1.165) is 15.7 Å². The highest BCUT2D eigenvalue weighted by Crippen LogP contribution is 2.31. The molecule has 0 aliphatic carbocycles.